The molecule has 0 spiro atoms. The van der Waals surface area contributed by atoms with Gasteiger partial charge in [-0.2, -0.15) is 9.97 Å². The summed E-state index contributed by atoms with van der Waals surface area (Å²) < 4.78 is 4.41. The first-order chi connectivity index (χ1) is 27.0. The quantitative estimate of drug-likeness (QED) is 0.167. The number of hydrogen-bond acceptors (Lipinski definition) is 3. The monoisotopic (exact) mass is 706 g/mol. The van der Waals surface area contributed by atoms with Crippen molar-refractivity contribution in [1.29, 1.82) is 0 Å². The number of benzene rings is 7. The van der Waals surface area contributed by atoms with Crippen LogP contribution in [0.1, 0.15) is 16.7 Å². The number of nitrogens with zero attached hydrogens (tertiary/aromatic N) is 6. The fraction of sp³-hybridized carbons (Fsp3) is 0.0612. The van der Waals surface area contributed by atoms with Gasteiger partial charge in [0.15, 0.2) is 17.3 Å². The highest BCUT2D eigenvalue weighted by molar-refractivity contribution is 6.11. The van der Waals surface area contributed by atoms with Crippen molar-refractivity contribution in [1.82, 2.24) is 24.1 Å². The molecule has 0 aliphatic heterocycles. The molecule has 6 nitrogen and oxygen atoms in total. The molecule has 6 heteroatoms. The Bertz CT molecular complexity index is 3120. The molecule has 0 atom stereocenters. The molecule has 3 heterocycles. The van der Waals surface area contributed by atoms with E-state index >= 15 is 0 Å². The number of para-hydroxylation sites is 3. The van der Waals surface area contributed by atoms with E-state index in [2.05, 4.69) is 126 Å². The molecular weight excluding hydrogens is 673 g/mol. The van der Waals surface area contributed by atoms with Crippen LogP contribution in [0.5, 0.6) is 0 Å². The van der Waals surface area contributed by atoms with E-state index in [9.17, 15) is 0 Å². The molecule has 0 radical (unpaired) electrons. The fourth-order valence-electron chi connectivity index (χ4n) is 8.43. The van der Waals surface area contributed by atoms with Crippen LogP contribution in [-0.2, 0) is 0 Å². The first-order valence-corrected chi connectivity index (χ1v) is 18.4. The summed E-state index contributed by atoms with van der Waals surface area (Å²) in [5.74, 6) is 1.55. The van der Waals surface area contributed by atoms with Crippen LogP contribution >= 0.6 is 0 Å². The van der Waals surface area contributed by atoms with E-state index < -0.39 is 0 Å². The van der Waals surface area contributed by atoms with E-state index in [-0.39, 0.29) is 0 Å². The Hall–Kier alpha value is -7.36. The zero-order valence-electron chi connectivity index (χ0n) is 30.6. The molecule has 0 fully saturated rings. The van der Waals surface area contributed by atoms with Crippen molar-refractivity contribution >= 4 is 49.3 Å². The van der Waals surface area contributed by atoms with Crippen molar-refractivity contribution < 1.29 is 0 Å². The van der Waals surface area contributed by atoms with Gasteiger partial charge >= 0.3 is 0 Å². The van der Waals surface area contributed by atoms with E-state index in [1.165, 1.54) is 27.8 Å². The van der Waals surface area contributed by atoms with Crippen molar-refractivity contribution in [3.8, 4) is 45.5 Å². The third kappa shape index (κ3) is 5.20. The van der Waals surface area contributed by atoms with Crippen LogP contribution in [0.25, 0.3) is 94.0 Å². The summed E-state index contributed by atoms with van der Waals surface area (Å²) in [6.45, 7) is 14.6. The van der Waals surface area contributed by atoms with Gasteiger partial charge in [-0.1, -0.05) is 115 Å². The number of rotatable bonds is 5. The van der Waals surface area contributed by atoms with E-state index in [1.54, 1.807) is 0 Å². The van der Waals surface area contributed by atoms with Crippen molar-refractivity contribution in [3.63, 3.8) is 0 Å². The van der Waals surface area contributed by atoms with Gasteiger partial charge in [-0.3, -0.25) is 4.57 Å². The molecule has 0 saturated heterocycles. The lowest BCUT2D eigenvalue weighted by Gasteiger charge is -2.16. The molecule has 10 rings (SSSR count). The third-order valence-electron chi connectivity index (χ3n) is 10.7. The van der Waals surface area contributed by atoms with Crippen molar-refractivity contribution in [2.75, 3.05) is 0 Å². The Morgan fingerprint density at radius 2 is 1.04 bits per heavy atom. The largest absolute Gasteiger partial charge is 0.309 e. The molecule has 10 aromatic rings. The Balaban J connectivity index is 1.26. The highest BCUT2D eigenvalue weighted by Crippen LogP contribution is 2.40. The Labute approximate surface area is 318 Å². The minimum Gasteiger partial charge on any atom is -0.309 e. The predicted octanol–water partition coefficient (Wildman–Crippen LogP) is 12.5. The lowest BCUT2D eigenvalue weighted by molar-refractivity contribution is 0.952. The van der Waals surface area contributed by atoms with Gasteiger partial charge in [-0.25, -0.2) is 9.83 Å². The predicted molar refractivity (Wildman–Crippen MR) is 225 cm³/mol. The van der Waals surface area contributed by atoms with Crippen molar-refractivity contribution in [2.24, 2.45) is 0 Å². The Kier molecular flexibility index (Phi) is 7.43. The summed E-state index contributed by atoms with van der Waals surface area (Å²) in [7, 11) is 0. The average molecular weight is 707 g/mol. The first kappa shape index (κ1) is 32.3. The average Bonchev–Trinajstić information content (AvgIpc) is 3.73. The maximum Gasteiger partial charge on any atom is 0.238 e. The fourth-order valence-corrected chi connectivity index (χ4v) is 8.43. The number of aryl methyl sites for hydroxylation is 3. The Morgan fingerprint density at radius 1 is 0.473 bits per heavy atom. The second kappa shape index (κ2) is 12.6. The van der Waals surface area contributed by atoms with Crippen LogP contribution in [0.3, 0.4) is 0 Å². The van der Waals surface area contributed by atoms with E-state index in [0.717, 1.165) is 60.4 Å². The van der Waals surface area contributed by atoms with Crippen LogP contribution < -0.4 is 0 Å². The minimum atomic E-state index is 0.486. The molecule has 7 aromatic carbocycles. The SMILES string of the molecule is [C-]#[N+]c1ccc(-n2c3ccccc3c3cc(-c4c(C)cc(C)cc4C)ccc32)c(-c2nc(-c3ccccc3)nc(-n3c4ccccc4c4ccccc43)n2)c1. The maximum atomic E-state index is 8.04. The van der Waals surface area contributed by atoms with Crippen LogP contribution in [-0.4, -0.2) is 24.1 Å². The van der Waals surface area contributed by atoms with Gasteiger partial charge < -0.3 is 4.57 Å². The highest BCUT2D eigenvalue weighted by atomic mass is 15.2. The molecule has 0 N–H and O–H groups in total. The second-order valence-electron chi connectivity index (χ2n) is 14.2. The van der Waals surface area contributed by atoms with E-state index in [1.807, 2.05) is 60.7 Å². The van der Waals surface area contributed by atoms with Crippen LogP contribution in [0, 0.1) is 27.3 Å². The summed E-state index contributed by atoms with van der Waals surface area (Å²) in [6.07, 6.45) is 0. The highest BCUT2D eigenvalue weighted by Gasteiger charge is 2.22. The molecule has 0 unspecified atom stereocenters. The lowest BCUT2D eigenvalue weighted by Crippen LogP contribution is -2.07. The second-order valence-corrected chi connectivity index (χ2v) is 14.2. The molecule has 0 saturated carbocycles. The standard InChI is InChI=1S/C49H34N6/c1-30-26-31(2)46(32(3)27-30)34-22-24-44-39(28-34)38-18-10-11-19-41(38)54(44)45-25-23-35(50-4)29-40(45)48-51-47(33-14-6-5-7-15-33)52-49(53-48)55-42-20-12-8-16-36(42)37-17-9-13-21-43(37)55/h5-29H,1-3H3. The summed E-state index contributed by atoms with van der Waals surface area (Å²) in [5.41, 5.74) is 13.4. The van der Waals surface area contributed by atoms with Crippen molar-refractivity contribution in [2.45, 2.75) is 20.8 Å². The molecule has 0 amide bonds. The minimum absolute atomic E-state index is 0.486. The van der Waals surface area contributed by atoms with Crippen LogP contribution in [0.2, 0.25) is 0 Å². The van der Waals surface area contributed by atoms with Gasteiger partial charge in [0, 0.05) is 32.7 Å². The van der Waals surface area contributed by atoms with E-state index in [4.69, 9.17) is 21.5 Å². The zero-order chi connectivity index (χ0) is 37.2. The molecule has 0 aliphatic carbocycles. The number of hydrogen-bond donors (Lipinski definition) is 0. The zero-order valence-corrected chi connectivity index (χ0v) is 30.6. The maximum absolute atomic E-state index is 8.04. The topological polar surface area (TPSA) is 52.9 Å². The van der Waals surface area contributed by atoms with Crippen LogP contribution in [0.15, 0.2) is 152 Å². The first-order valence-electron chi connectivity index (χ1n) is 18.4. The summed E-state index contributed by atoms with van der Waals surface area (Å²) in [4.78, 5) is 19.5. The molecular formula is C49H34N6. The van der Waals surface area contributed by atoms with Gasteiger partial charge in [0.2, 0.25) is 5.95 Å². The lowest BCUT2D eigenvalue weighted by atomic mass is 9.93. The summed E-state index contributed by atoms with van der Waals surface area (Å²) in [5, 5.41) is 4.54. The van der Waals surface area contributed by atoms with Crippen LogP contribution in [0.4, 0.5) is 5.69 Å². The summed E-state index contributed by atoms with van der Waals surface area (Å²) in [6, 6.07) is 52.4. The van der Waals surface area contributed by atoms with Gasteiger partial charge in [-0.05, 0) is 85.5 Å². The Morgan fingerprint density at radius 3 is 1.69 bits per heavy atom. The van der Waals surface area contributed by atoms with Gasteiger partial charge in [0.1, 0.15) is 0 Å². The number of fused-ring (bicyclic) bond motifs is 6. The normalized spacial score (nSPS) is 11.5. The van der Waals surface area contributed by atoms with Gasteiger partial charge in [0.05, 0.1) is 34.3 Å². The van der Waals surface area contributed by atoms with Gasteiger partial charge in [0.25, 0.3) is 0 Å². The molecule has 0 aliphatic rings. The molecule has 0 bridgehead atoms. The molecule has 260 valence electrons. The molecule has 3 aromatic heterocycles. The van der Waals surface area contributed by atoms with Gasteiger partial charge in [-0.15, -0.1) is 0 Å². The third-order valence-corrected chi connectivity index (χ3v) is 10.7. The smallest absolute Gasteiger partial charge is 0.238 e. The molecule has 55 heavy (non-hydrogen) atoms. The number of aromatic nitrogens is 5. The van der Waals surface area contributed by atoms with E-state index in [0.29, 0.717) is 23.3 Å². The van der Waals surface area contributed by atoms with Crippen molar-refractivity contribution in [3.05, 3.63) is 180 Å². The summed E-state index contributed by atoms with van der Waals surface area (Å²) >= 11 is 0.